The van der Waals surface area contributed by atoms with Gasteiger partial charge in [-0.25, -0.2) is 33.0 Å². The topological polar surface area (TPSA) is 261 Å². The summed E-state index contributed by atoms with van der Waals surface area (Å²) in [6, 6.07) is 16.3. The van der Waals surface area contributed by atoms with Crippen LogP contribution in [0.15, 0.2) is 142 Å². The Hall–Kier alpha value is -9.83. The average Bonchev–Trinajstić information content (AvgIpc) is 1.72. The number of hydrogen-bond acceptors (Lipinski definition) is 16. The van der Waals surface area contributed by atoms with Gasteiger partial charge in [0.2, 0.25) is 0 Å². The van der Waals surface area contributed by atoms with Crippen molar-refractivity contribution < 1.29 is 52.6 Å². The van der Waals surface area contributed by atoms with Crippen LogP contribution >= 0.6 is 34.8 Å². The summed E-state index contributed by atoms with van der Waals surface area (Å²) in [6.07, 6.45) is 27.5. The molecule has 5 heterocycles. The van der Waals surface area contributed by atoms with Crippen molar-refractivity contribution in [2.24, 2.45) is 0 Å². The lowest BCUT2D eigenvalue weighted by Gasteiger charge is -2.17. The van der Waals surface area contributed by atoms with Crippen molar-refractivity contribution in [3.05, 3.63) is 208 Å². The minimum absolute atomic E-state index is 0.0132. The summed E-state index contributed by atoms with van der Waals surface area (Å²) >= 11 is 17.8. The third-order valence-electron chi connectivity index (χ3n) is 20.2. The fourth-order valence-corrected chi connectivity index (χ4v) is 14.2. The maximum atomic E-state index is 12.2. The van der Waals surface area contributed by atoms with E-state index in [9.17, 15) is 43.2 Å². The Morgan fingerprint density at radius 1 is 0.367 bits per heavy atom. The standard InChI is InChI=1S/C16H18O3.C14H12Cl2O3.C12H16N2O.C11H13ClN2O.2C11H14N2O.C10H12N2O/c1-10-6-4-7-11(2)15(10)16(18)19-14-9-5-8-13(17)12(14)3;1-8-11(17)6-3-7-12(8)19-14(18)13-9(15)4-2-5-10(13)16;1-8-7-9(2)14(13-8)11-5-4-6-12(15)10(11)3;1-7-10(4-3-5-11(7)15)14-8(2)9(12)6-13-14;1-8-6-12-13(7-8)10-4-3-5-11(14)9(10)2;1-8-6-7-13(12-8)10-4-3-5-11(14)9(10)2;1-8-9(4-2-5-10(8)13)12-7-3-6-11-12/h4,6-7H,5,8-9H2,1-3H3;2,4-5H,3,6-7H2,1H3;7H,4-6H2,1-3H3;6H,3-5H2,1-2H3;2*6-7H,3-5H2,1-2H3;3,6-7H,2,4-5H2,1H3. The van der Waals surface area contributed by atoms with Crippen molar-refractivity contribution in [2.45, 2.75) is 232 Å². The summed E-state index contributed by atoms with van der Waals surface area (Å²) in [6.45, 7) is 26.5. The Morgan fingerprint density at radius 3 is 1.17 bits per heavy atom. The molecule has 0 fully saturated rings. The lowest BCUT2D eigenvalue weighted by molar-refractivity contribution is -0.117. The second-order valence-corrected chi connectivity index (χ2v) is 29.4. The van der Waals surface area contributed by atoms with Crippen molar-refractivity contribution in [1.82, 2.24) is 48.9 Å². The van der Waals surface area contributed by atoms with Crippen molar-refractivity contribution >= 4 is 116 Å². The quantitative estimate of drug-likeness (QED) is 0.122. The van der Waals surface area contributed by atoms with Gasteiger partial charge in [-0.05, 0) is 221 Å². The highest BCUT2D eigenvalue weighted by Gasteiger charge is 2.28. The summed E-state index contributed by atoms with van der Waals surface area (Å²) in [4.78, 5) is 105. The van der Waals surface area contributed by atoms with Gasteiger partial charge >= 0.3 is 11.9 Å². The number of rotatable bonds is 9. The number of hydrogen-bond donors (Lipinski definition) is 0. The second kappa shape index (κ2) is 39.5. The van der Waals surface area contributed by atoms with Gasteiger partial charge in [0, 0.05) is 156 Å². The maximum absolute atomic E-state index is 12.2. The van der Waals surface area contributed by atoms with Gasteiger partial charge in [0.15, 0.2) is 40.5 Å². The maximum Gasteiger partial charge on any atom is 0.346 e. The summed E-state index contributed by atoms with van der Waals surface area (Å²) < 4.78 is 19.9. The first kappa shape index (κ1) is 84.8. The van der Waals surface area contributed by atoms with Crippen molar-refractivity contribution in [1.29, 1.82) is 0 Å². The molecule has 0 radical (unpaired) electrons. The molecular formula is C85H99Cl3N10O11. The van der Waals surface area contributed by atoms with E-state index in [1.807, 2.05) is 158 Å². The first-order valence-electron chi connectivity index (χ1n) is 37.2. The molecule has 21 nitrogen and oxygen atoms in total. The molecule has 24 heteroatoms. The van der Waals surface area contributed by atoms with Gasteiger partial charge in [-0.3, -0.25) is 33.6 Å². The van der Waals surface area contributed by atoms with Crippen LogP contribution in [-0.2, 0) is 43.0 Å². The smallest absolute Gasteiger partial charge is 0.346 e. The predicted molar refractivity (Wildman–Crippen MR) is 425 cm³/mol. The van der Waals surface area contributed by atoms with Crippen LogP contribution in [0.1, 0.15) is 243 Å². The first-order valence-corrected chi connectivity index (χ1v) is 38.3. The first-order chi connectivity index (χ1) is 51.9. The Kier molecular flexibility index (Phi) is 30.7. The number of ether oxygens (including phenoxy) is 2. The van der Waals surface area contributed by atoms with E-state index < -0.39 is 5.97 Å². The van der Waals surface area contributed by atoms with Gasteiger partial charge in [-0.15, -0.1) is 0 Å². The molecule has 14 rings (SSSR count). The normalized spacial score (nSPS) is 16.9. The van der Waals surface area contributed by atoms with Gasteiger partial charge in [0.25, 0.3) is 0 Å². The fraction of sp³-hybridized carbons (Fsp3) is 0.412. The molecule has 0 amide bonds. The number of ketones is 7. The van der Waals surface area contributed by atoms with Gasteiger partial charge in [0.05, 0.1) is 55.7 Å². The molecule has 7 aliphatic carbocycles. The molecule has 0 atom stereocenters. The molecule has 0 bridgehead atoms. The number of nitrogens with zero attached hydrogens (tertiary/aromatic N) is 10. The van der Waals surface area contributed by atoms with Crippen LogP contribution in [0, 0.1) is 48.5 Å². The van der Waals surface area contributed by atoms with Crippen LogP contribution in [0.2, 0.25) is 15.1 Å². The second-order valence-electron chi connectivity index (χ2n) is 28.2. The van der Waals surface area contributed by atoms with Gasteiger partial charge in [0.1, 0.15) is 11.5 Å². The van der Waals surface area contributed by atoms with Gasteiger partial charge in [-0.1, -0.05) is 59.1 Å². The lowest BCUT2D eigenvalue weighted by Crippen LogP contribution is -2.15. The van der Waals surface area contributed by atoms with Crippen LogP contribution in [0.3, 0.4) is 0 Å². The molecule has 0 spiro atoms. The van der Waals surface area contributed by atoms with Crippen molar-refractivity contribution in [3.8, 4) is 0 Å². The number of Topliss-reactive ketones (excluding diaryl/α,β-unsaturated/α-hetero) is 7. The zero-order valence-corrected chi connectivity index (χ0v) is 67.4. The molecule has 7 aliphatic rings. The highest BCUT2D eigenvalue weighted by atomic mass is 35.5. The molecule has 0 saturated heterocycles. The van der Waals surface area contributed by atoms with E-state index in [1.54, 1.807) is 53.8 Å². The number of aryl methyl sites for hydroxylation is 6. The zero-order valence-electron chi connectivity index (χ0n) is 65.1. The molecule has 0 saturated carbocycles. The predicted octanol–water partition coefficient (Wildman–Crippen LogP) is 19.2. The fourth-order valence-electron chi connectivity index (χ4n) is 13.6. The Balaban J connectivity index is 0.000000161. The minimum atomic E-state index is -0.625. The highest BCUT2D eigenvalue weighted by Crippen LogP contribution is 2.34. The zero-order chi connectivity index (χ0) is 79.5. The van der Waals surface area contributed by atoms with Crippen LogP contribution in [-0.4, -0.2) is 101 Å². The minimum Gasteiger partial charge on any atom is -0.427 e. The van der Waals surface area contributed by atoms with E-state index in [2.05, 4.69) is 25.5 Å². The van der Waals surface area contributed by atoms with E-state index >= 15 is 0 Å². The Labute approximate surface area is 653 Å². The van der Waals surface area contributed by atoms with Crippen molar-refractivity contribution in [3.63, 3.8) is 0 Å². The van der Waals surface area contributed by atoms with E-state index in [0.29, 0.717) is 97.5 Å². The van der Waals surface area contributed by atoms with Gasteiger partial charge < -0.3 is 9.47 Å². The third-order valence-corrected chi connectivity index (χ3v) is 21.2. The van der Waals surface area contributed by atoms with Crippen LogP contribution in [0.5, 0.6) is 0 Å². The Morgan fingerprint density at radius 2 is 0.771 bits per heavy atom. The number of allylic oxidation sites excluding steroid dienone is 14. The molecule has 7 aromatic rings. The van der Waals surface area contributed by atoms with E-state index in [4.69, 9.17) is 44.3 Å². The average molecular weight is 1540 g/mol. The van der Waals surface area contributed by atoms with Crippen molar-refractivity contribution in [2.75, 3.05) is 0 Å². The monoisotopic (exact) mass is 1540 g/mol. The number of benzene rings is 2. The van der Waals surface area contributed by atoms with E-state index in [1.165, 1.54) is 0 Å². The largest absolute Gasteiger partial charge is 0.427 e. The number of carbonyl (C=O) groups excluding carboxylic acids is 9. The Bertz CT molecular complexity index is 4620. The number of carbonyl (C=O) groups is 9. The third kappa shape index (κ3) is 22.2. The molecule has 576 valence electrons. The molecule has 5 aromatic heterocycles. The van der Waals surface area contributed by atoms with E-state index in [0.717, 1.165) is 166 Å². The lowest BCUT2D eigenvalue weighted by atomic mass is 9.96. The molecule has 0 unspecified atom stereocenters. The number of halogens is 3. The highest BCUT2D eigenvalue weighted by molar-refractivity contribution is 6.39. The van der Waals surface area contributed by atoms with Crippen LogP contribution < -0.4 is 0 Å². The molecule has 109 heavy (non-hydrogen) atoms. The summed E-state index contributed by atoms with van der Waals surface area (Å²) in [7, 11) is 0. The van der Waals surface area contributed by atoms with Crippen LogP contribution in [0.25, 0.3) is 28.5 Å². The molecule has 0 aliphatic heterocycles. The molecular weight excluding hydrogens is 1440 g/mol. The van der Waals surface area contributed by atoms with Crippen LogP contribution in [0.4, 0.5) is 0 Å². The summed E-state index contributed by atoms with van der Waals surface area (Å²) in [5, 5.41) is 22.4. The molecule has 0 N–H and O–H groups in total. The summed E-state index contributed by atoms with van der Waals surface area (Å²) in [5.74, 6) is 1.33. The van der Waals surface area contributed by atoms with Gasteiger partial charge in [-0.2, -0.15) is 25.5 Å². The summed E-state index contributed by atoms with van der Waals surface area (Å²) in [5.41, 5.74) is 18.3. The number of aromatic nitrogens is 10. The molecule has 2 aromatic carbocycles. The number of esters is 2. The SMILES string of the molecule is CC1=C(OC(=O)c2c(C)cccc2C)CCCC1=O.CC1=C(OC(=O)c2c(Cl)cccc2Cl)CCCC1=O.CC1=C(n2cc(C)cn2)CCCC1=O.CC1=C(n2ccc(C)n2)CCCC1=O.CC1=C(n2cccn2)CCCC1=O.CC1=C(n2nc(C)cc2C)CCCC1=O.CC1=C(n2ncc(Cl)c2C)CCCC1=O. The van der Waals surface area contributed by atoms with E-state index in [-0.39, 0.29) is 62.1 Å².